The van der Waals surface area contributed by atoms with Crippen molar-refractivity contribution in [2.24, 2.45) is 0 Å². The van der Waals surface area contributed by atoms with Gasteiger partial charge in [-0.25, -0.2) is 0 Å². The van der Waals surface area contributed by atoms with E-state index in [-0.39, 0.29) is 24.3 Å². The predicted octanol–water partition coefficient (Wildman–Crippen LogP) is -2.13. The topological polar surface area (TPSA) is 98.3 Å². The van der Waals surface area contributed by atoms with Gasteiger partial charge in [0.2, 0.25) is 0 Å². The molecule has 1 heterocycles. The molecule has 0 spiro atoms. The van der Waals surface area contributed by atoms with Crippen LogP contribution in [0.4, 0.5) is 0 Å². The molecular formula is C6H12O5. The minimum Gasteiger partial charge on any atom is -0.412 e. The molecule has 1 rings (SSSR count). The molecule has 11 heavy (non-hydrogen) atoms. The summed E-state index contributed by atoms with van der Waals surface area (Å²) in [7, 11) is 0. The maximum Gasteiger partial charge on any atom is 0.166 e. The number of ketones is 1. The van der Waals surface area contributed by atoms with E-state index in [4.69, 9.17) is 14.9 Å². The smallest absolute Gasteiger partial charge is 0.166 e. The minimum atomic E-state index is -1.13. The first-order chi connectivity index (χ1) is 4.75. The molecule has 66 valence electrons. The van der Waals surface area contributed by atoms with Gasteiger partial charge in [-0.2, -0.15) is 0 Å². The fraction of sp³-hybridized carbons (Fsp3) is 0.833. The summed E-state index contributed by atoms with van der Waals surface area (Å²) in [6.45, 7) is 0.00796. The third-order valence-corrected chi connectivity index (χ3v) is 1.54. The maximum absolute atomic E-state index is 10.7. The molecule has 0 unspecified atom stereocenters. The molecule has 1 fully saturated rings. The van der Waals surface area contributed by atoms with Gasteiger partial charge in [0, 0.05) is 6.42 Å². The Morgan fingerprint density at radius 1 is 1.64 bits per heavy atom. The molecule has 1 saturated heterocycles. The van der Waals surface area contributed by atoms with Crippen LogP contribution < -0.4 is 0 Å². The van der Waals surface area contributed by atoms with E-state index >= 15 is 0 Å². The maximum atomic E-state index is 10.7. The largest absolute Gasteiger partial charge is 0.412 e. The molecule has 0 aromatic rings. The quantitative estimate of drug-likeness (QED) is 0.462. The normalized spacial score (nSPS) is 31.3. The average Bonchev–Trinajstić information content (AvgIpc) is 1.95. The lowest BCUT2D eigenvalue weighted by Gasteiger charge is -2.24. The molecule has 0 aliphatic carbocycles. The van der Waals surface area contributed by atoms with Crippen molar-refractivity contribution in [2.75, 3.05) is 13.2 Å². The van der Waals surface area contributed by atoms with E-state index < -0.39 is 12.2 Å². The number of carbonyl (C=O) groups excluding carboxylic acids is 1. The highest BCUT2D eigenvalue weighted by Crippen LogP contribution is 2.09. The summed E-state index contributed by atoms with van der Waals surface area (Å²) in [4.78, 5) is 10.7. The second-order valence-corrected chi connectivity index (χ2v) is 2.25. The van der Waals surface area contributed by atoms with Crippen molar-refractivity contribution in [1.82, 2.24) is 0 Å². The summed E-state index contributed by atoms with van der Waals surface area (Å²) in [5.41, 5.74) is 0. The number of rotatable bonds is 1. The number of carbonyl (C=O) groups is 1. The minimum absolute atomic E-state index is 0. The van der Waals surface area contributed by atoms with Crippen LogP contribution >= 0.6 is 0 Å². The molecule has 2 atom stereocenters. The summed E-state index contributed by atoms with van der Waals surface area (Å²) >= 11 is 0. The van der Waals surface area contributed by atoms with Crippen molar-refractivity contribution in [1.29, 1.82) is 0 Å². The standard InChI is InChI=1S/C6H10O4.H2O/c7-3-5-6(9)4(8)1-2-10-5;/h5-7,9H,1-3H2;1H2/t5-,6-;/m1./s1. The lowest BCUT2D eigenvalue weighted by molar-refractivity contribution is -0.150. The van der Waals surface area contributed by atoms with Gasteiger partial charge in [0.25, 0.3) is 0 Å². The third-order valence-electron chi connectivity index (χ3n) is 1.54. The SMILES string of the molecule is O.O=C1CCO[C@H](CO)[C@@H]1O. The molecule has 0 amide bonds. The number of ether oxygens (including phenoxy) is 1. The molecule has 0 radical (unpaired) electrons. The molecule has 0 aromatic heterocycles. The molecule has 0 aromatic carbocycles. The zero-order chi connectivity index (χ0) is 7.56. The van der Waals surface area contributed by atoms with E-state index in [2.05, 4.69) is 0 Å². The van der Waals surface area contributed by atoms with Gasteiger partial charge in [0.05, 0.1) is 13.2 Å². The van der Waals surface area contributed by atoms with Crippen molar-refractivity contribution in [2.45, 2.75) is 18.6 Å². The van der Waals surface area contributed by atoms with Gasteiger partial charge in [0.15, 0.2) is 5.78 Å². The number of hydrogen-bond donors (Lipinski definition) is 2. The molecular weight excluding hydrogens is 152 g/mol. The van der Waals surface area contributed by atoms with Crippen LogP contribution in [0.3, 0.4) is 0 Å². The highest BCUT2D eigenvalue weighted by molar-refractivity contribution is 5.84. The van der Waals surface area contributed by atoms with Crippen molar-refractivity contribution in [3.63, 3.8) is 0 Å². The van der Waals surface area contributed by atoms with Crippen LogP contribution in [0.25, 0.3) is 0 Å². The zero-order valence-corrected chi connectivity index (χ0v) is 5.99. The van der Waals surface area contributed by atoms with E-state index in [1.165, 1.54) is 0 Å². The van der Waals surface area contributed by atoms with Crippen LogP contribution in [0.5, 0.6) is 0 Å². The molecule has 1 aliphatic heterocycles. The van der Waals surface area contributed by atoms with Crippen LogP contribution in [-0.4, -0.2) is 46.9 Å². The zero-order valence-electron chi connectivity index (χ0n) is 5.99. The van der Waals surface area contributed by atoms with E-state index in [9.17, 15) is 4.79 Å². The summed E-state index contributed by atoms with van der Waals surface area (Å²) < 4.78 is 4.89. The number of aliphatic hydroxyl groups excluding tert-OH is 2. The first kappa shape index (κ1) is 10.5. The van der Waals surface area contributed by atoms with Gasteiger partial charge in [-0.15, -0.1) is 0 Å². The van der Waals surface area contributed by atoms with Gasteiger partial charge in [-0.1, -0.05) is 0 Å². The van der Waals surface area contributed by atoms with Crippen LogP contribution in [0.15, 0.2) is 0 Å². The van der Waals surface area contributed by atoms with E-state index in [0.717, 1.165) is 0 Å². The lowest BCUT2D eigenvalue weighted by atomic mass is 10.1. The predicted molar refractivity (Wildman–Crippen MR) is 36.1 cm³/mol. The molecule has 5 nitrogen and oxygen atoms in total. The fourth-order valence-electron chi connectivity index (χ4n) is 0.910. The van der Waals surface area contributed by atoms with E-state index in [1.807, 2.05) is 0 Å². The van der Waals surface area contributed by atoms with E-state index in [1.54, 1.807) is 0 Å². The van der Waals surface area contributed by atoms with Crippen LogP contribution in [0, 0.1) is 0 Å². The van der Waals surface area contributed by atoms with Gasteiger partial charge >= 0.3 is 0 Å². The van der Waals surface area contributed by atoms with Crippen molar-refractivity contribution < 1.29 is 25.2 Å². The summed E-state index contributed by atoms with van der Waals surface area (Å²) in [5.74, 6) is -0.245. The number of hydrogen-bond acceptors (Lipinski definition) is 4. The van der Waals surface area contributed by atoms with Crippen molar-refractivity contribution in [3.8, 4) is 0 Å². The Balaban J connectivity index is 0.000001000. The second-order valence-electron chi connectivity index (χ2n) is 2.25. The van der Waals surface area contributed by atoms with Gasteiger partial charge < -0.3 is 20.4 Å². The van der Waals surface area contributed by atoms with Gasteiger partial charge in [-0.05, 0) is 0 Å². The van der Waals surface area contributed by atoms with Crippen LogP contribution in [0.2, 0.25) is 0 Å². The monoisotopic (exact) mass is 164 g/mol. The average molecular weight is 164 g/mol. The van der Waals surface area contributed by atoms with Crippen molar-refractivity contribution >= 4 is 5.78 Å². The molecule has 4 N–H and O–H groups in total. The van der Waals surface area contributed by atoms with Crippen LogP contribution in [-0.2, 0) is 9.53 Å². The second kappa shape index (κ2) is 4.40. The summed E-state index contributed by atoms with van der Waals surface area (Å²) in [5, 5.41) is 17.5. The number of Topliss-reactive ketones (excluding diaryl/α,β-unsaturated/α-hetero) is 1. The first-order valence-electron chi connectivity index (χ1n) is 3.19. The Kier molecular flexibility index (Phi) is 4.20. The van der Waals surface area contributed by atoms with E-state index in [0.29, 0.717) is 6.61 Å². The van der Waals surface area contributed by atoms with Gasteiger partial charge in [0.1, 0.15) is 12.2 Å². The molecule has 0 saturated carbocycles. The highest BCUT2D eigenvalue weighted by atomic mass is 16.5. The number of aliphatic hydroxyl groups is 2. The molecule has 5 heteroatoms. The van der Waals surface area contributed by atoms with Crippen molar-refractivity contribution in [3.05, 3.63) is 0 Å². The molecule has 0 bridgehead atoms. The lowest BCUT2D eigenvalue weighted by Crippen LogP contribution is -2.43. The summed E-state index contributed by atoms with van der Waals surface area (Å²) in [6.07, 6.45) is -1.59. The fourth-order valence-corrected chi connectivity index (χ4v) is 0.910. The Bertz CT molecular complexity index is 135. The Hall–Kier alpha value is -0.490. The molecule has 1 aliphatic rings. The Labute approximate surface area is 63.9 Å². The third kappa shape index (κ3) is 2.23. The van der Waals surface area contributed by atoms with Crippen LogP contribution in [0.1, 0.15) is 6.42 Å². The summed E-state index contributed by atoms with van der Waals surface area (Å²) in [6, 6.07) is 0. The Morgan fingerprint density at radius 2 is 2.27 bits per heavy atom. The highest BCUT2D eigenvalue weighted by Gasteiger charge is 2.29. The van der Waals surface area contributed by atoms with Gasteiger partial charge in [-0.3, -0.25) is 4.79 Å². The Morgan fingerprint density at radius 3 is 2.73 bits per heavy atom. The first-order valence-corrected chi connectivity index (χ1v) is 3.19.